The summed E-state index contributed by atoms with van der Waals surface area (Å²) in [6, 6.07) is 16.7. The molecule has 1 heterocycles. The third kappa shape index (κ3) is 3.93. The minimum absolute atomic E-state index is 0.546. The van der Waals surface area contributed by atoms with E-state index in [0.717, 1.165) is 11.8 Å². The quantitative estimate of drug-likeness (QED) is 0.408. The maximum Gasteiger partial charge on any atom is 0.125 e. The number of para-hydroxylation sites is 1. The second-order valence-corrected chi connectivity index (χ2v) is 14.1. The fourth-order valence-electron chi connectivity index (χ4n) is 5.17. The molecule has 152 valence electrons. The van der Waals surface area contributed by atoms with Crippen LogP contribution >= 0.6 is 0 Å². The maximum absolute atomic E-state index is 6.10. The third-order valence-electron chi connectivity index (χ3n) is 6.44. The number of hydrogen-bond donors (Lipinski definition) is 0. The lowest BCUT2D eigenvalue weighted by Gasteiger charge is -2.37. The van der Waals surface area contributed by atoms with Crippen LogP contribution in [-0.2, 0) is 6.04 Å². The normalized spacial score (nSPS) is 18.5. The van der Waals surface area contributed by atoms with Crippen LogP contribution in [0.3, 0.4) is 0 Å². The predicted octanol–water partition coefficient (Wildman–Crippen LogP) is 6.12. The topological polar surface area (TPSA) is 12.5 Å². The number of fused-ring (bicyclic) bond motifs is 1. The molecule has 4 rings (SSSR count). The van der Waals surface area contributed by atoms with E-state index in [4.69, 9.17) is 4.74 Å². The average molecular weight is 404 g/mol. The van der Waals surface area contributed by atoms with Crippen molar-refractivity contribution in [2.45, 2.75) is 44.4 Å². The van der Waals surface area contributed by atoms with Crippen LogP contribution in [0, 0.1) is 6.92 Å². The van der Waals surface area contributed by atoms with Gasteiger partial charge in [-0.2, -0.15) is 0 Å². The molecular weight excluding hydrogens is 370 g/mol. The van der Waals surface area contributed by atoms with Gasteiger partial charge in [0.15, 0.2) is 0 Å². The van der Waals surface area contributed by atoms with Crippen molar-refractivity contribution in [3.63, 3.8) is 0 Å². The lowest BCUT2D eigenvalue weighted by atomic mass is 10.1. The summed E-state index contributed by atoms with van der Waals surface area (Å²) in [7, 11) is -1.70. The molecule has 2 nitrogen and oxygen atoms in total. The van der Waals surface area contributed by atoms with Gasteiger partial charge in [0.25, 0.3) is 0 Å². The summed E-state index contributed by atoms with van der Waals surface area (Å²) in [6.45, 7) is 14.1. The molecule has 0 saturated carbocycles. The van der Waals surface area contributed by atoms with E-state index in [0.29, 0.717) is 12.1 Å². The molecule has 0 aromatic heterocycles. The minimum Gasteiger partial charge on any atom is -0.489 e. The smallest absolute Gasteiger partial charge is 0.125 e. The van der Waals surface area contributed by atoms with Crippen LogP contribution in [0.5, 0.6) is 5.75 Å². The molecule has 3 heteroatoms. The lowest BCUT2D eigenvalue weighted by molar-refractivity contribution is 0.357. The van der Waals surface area contributed by atoms with E-state index in [1.807, 2.05) is 6.08 Å². The van der Waals surface area contributed by atoms with Gasteiger partial charge >= 0.3 is 0 Å². The molecule has 0 radical (unpaired) electrons. The summed E-state index contributed by atoms with van der Waals surface area (Å²) in [5.41, 5.74) is 7.65. The lowest BCUT2D eigenvalue weighted by Crippen LogP contribution is -2.41. The molecule has 0 N–H and O–H groups in total. The van der Waals surface area contributed by atoms with Crippen LogP contribution in [0.1, 0.15) is 40.6 Å². The Morgan fingerprint density at radius 3 is 2.62 bits per heavy atom. The number of allylic oxidation sites excluding steroid dienone is 1. The molecule has 1 saturated heterocycles. The maximum atomic E-state index is 6.10. The van der Waals surface area contributed by atoms with E-state index in [9.17, 15) is 0 Å². The number of benzene rings is 2. The van der Waals surface area contributed by atoms with Crippen LogP contribution in [0.4, 0.5) is 0 Å². The molecule has 1 aliphatic carbocycles. The Hall–Kier alpha value is -2.26. The molecular formula is C26H33NOSi. The molecule has 0 amide bonds. The van der Waals surface area contributed by atoms with E-state index < -0.39 is 8.07 Å². The molecule has 2 aliphatic rings. The van der Waals surface area contributed by atoms with Gasteiger partial charge in [0.1, 0.15) is 12.4 Å². The first-order valence-corrected chi connectivity index (χ1v) is 14.2. The fourth-order valence-corrected chi connectivity index (χ4v) is 8.81. The van der Waals surface area contributed by atoms with Crippen molar-refractivity contribution in [2.24, 2.45) is 0 Å². The zero-order valence-corrected chi connectivity index (χ0v) is 19.1. The van der Waals surface area contributed by atoms with Gasteiger partial charge in [-0.1, -0.05) is 68.2 Å². The molecule has 1 fully saturated rings. The highest BCUT2D eigenvalue weighted by atomic mass is 28.3. The Kier molecular flexibility index (Phi) is 5.69. The number of nitrogens with zero attached hydrogens (tertiary/aromatic N) is 1. The number of rotatable bonds is 7. The monoisotopic (exact) mass is 403 g/mol. The van der Waals surface area contributed by atoms with Crippen LogP contribution in [0.25, 0.3) is 6.08 Å². The van der Waals surface area contributed by atoms with Crippen LogP contribution in [-0.4, -0.2) is 32.7 Å². The van der Waals surface area contributed by atoms with Gasteiger partial charge < -0.3 is 9.64 Å². The highest BCUT2D eigenvalue weighted by Crippen LogP contribution is 2.46. The number of likely N-dealkylation sites (tertiary alicyclic amines) is 1. The van der Waals surface area contributed by atoms with Crippen LogP contribution in [0.2, 0.25) is 13.1 Å². The Morgan fingerprint density at radius 1 is 1.10 bits per heavy atom. The molecule has 1 aliphatic heterocycles. The second-order valence-electron chi connectivity index (χ2n) is 9.15. The summed E-state index contributed by atoms with van der Waals surface area (Å²) in [6.07, 6.45) is 6.95. The summed E-state index contributed by atoms with van der Waals surface area (Å²) >= 11 is 0. The van der Waals surface area contributed by atoms with Gasteiger partial charge in [-0.15, -0.1) is 0 Å². The highest BCUT2D eigenvalue weighted by molar-refractivity contribution is 6.79. The van der Waals surface area contributed by atoms with E-state index in [1.165, 1.54) is 48.2 Å². The number of hydrogen-bond acceptors (Lipinski definition) is 2. The van der Waals surface area contributed by atoms with E-state index in [-0.39, 0.29) is 0 Å². The van der Waals surface area contributed by atoms with Crippen molar-refractivity contribution >= 4 is 14.1 Å². The summed E-state index contributed by atoms with van der Waals surface area (Å²) in [5, 5.41) is 0. The van der Waals surface area contributed by atoms with Gasteiger partial charge in [0.05, 0.1) is 8.07 Å². The SMILES string of the molecule is C=CCOc1c(C)cccc1C[Si](C)(C)C1C(N2CCCC2)=Cc2ccccc21. The Bertz CT molecular complexity index is 924. The van der Waals surface area contributed by atoms with Gasteiger partial charge in [-0.05, 0) is 54.1 Å². The Morgan fingerprint density at radius 2 is 1.86 bits per heavy atom. The Labute approximate surface area is 176 Å². The van der Waals surface area contributed by atoms with Crippen LogP contribution in [0.15, 0.2) is 60.8 Å². The van der Waals surface area contributed by atoms with Crippen molar-refractivity contribution in [2.75, 3.05) is 19.7 Å². The standard InChI is InChI=1S/C26H33NOSi/c1-5-17-28-25-20(2)11-10-13-22(25)19-29(3,4)26-23-14-7-6-12-21(23)18-24(26)27-15-8-9-16-27/h5-7,10-14,18,26H,1,8-9,15-17,19H2,2-4H3. The van der Waals surface area contributed by atoms with Crippen molar-refractivity contribution in [1.29, 1.82) is 0 Å². The van der Waals surface area contributed by atoms with E-state index in [1.54, 1.807) is 5.70 Å². The fraction of sp³-hybridized carbons (Fsp3) is 0.385. The average Bonchev–Trinajstić information content (AvgIpc) is 3.35. The second kappa shape index (κ2) is 8.23. The first-order valence-electron chi connectivity index (χ1n) is 10.9. The van der Waals surface area contributed by atoms with Gasteiger partial charge in [-0.25, -0.2) is 0 Å². The summed E-state index contributed by atoms with van der Waals surface area (Å²) in [4.78, 5) is 2.66. The van der Waals surface area contributed by atoms with Gasteiger partial charge in [0, 0.05) is 24.3 Å². The van der Waals surface area contributed by atoms with E-state index >= 15 is 0 Å². The van der Waals surface area contributed by atoms with E-state index in [2.05, 4.69) is 80.0 Å². The van der Waals surface area contributed by atoms with Crippen LogP contribution < -0.4 is 4.74 Å². The first-order chi connectivity index (χ1) is 14.0. The molecule has 2 aromatic rings. The molecule has 29 heavy (non-hydrogen) atoms. The van der Waals surface area contributed by atoms with Crippen molar-refractivity contribution in [3.05, 3.63) is 83.1 Å². The van der Waals surface area contributed by atoms with Crippen molar-refractivity contribution < 1.29 is 4.74 Å². The van der Waals surface area contributed by atoms with Gasteiger partial charge in [0.2, 0.25) is 0 Å². The summed E-state index contributed by atoms with van der Waals surface area (Å²) in [5.74, 6) is 1.06. The zero-order chi connectivity index (χ0) is 20.4. The molecule has 1 atom stereocenters. The van der Waals surface area contributed by atoms with Crippen molar-refractivity contribution in [1.82, 2.24) is 4.90 Å². The number of aryl methyl sites for hydroxylation is 1. The van der Waals surface area contributed by atoms with Crippen molar-refractivity contribution in [3.8, 4) is 5.75 Å². The molecule has 0 bridgehead atoms. The molecule has 2 aromatic carbocycles. The third-order valence-corrected chi connectivity index (χ3v) is 9.91. The van der Waals surface area contributed by atoms with Gasteiger partial charge in [-0.3, -0.25) is 0 Å². The zero-order valence-electron chi connectivity index (χ0n) is 18.1. The minimum atomic E-state index is -1.70. The molecule has 0 spiro atoms. The first kappa shape index (κ1) is 20.0. The highest BCUT2D eigenvalue weighted by Gasteiger charge is 2.42. The molecule has 1 unspecified atom stereocenters. The largest absolute Gasteiger partial charge is 0.489 e. The predicted molar refractivity (Wildman–Crippen MR) is 126 cm³/mol. The Balaban J connectivity index is 1.70. The summed E-state index contributed by atoms with van der Waals surface area (Å²) < 4.78 is 6.10. The number of ether oxygens (including phenoxy) is 1.